The first-order valence-electron chi connectivity index (χ1n) is 5.36. The Balaban J connectivity index is 2.18. The number of ether oxygens (including phenoxy) is 2. The first-order valence-corrected chi connectivity index (χ1v) is 5.36. The van der Waals surface area contributed by atoms with Gasteiger partial charge in [-0.2, -0.15) is 5.26 Å². The third-order valence-corrected chi connectivity index (χ3v) is 2.79. The van der Waals surface area contributed by atoms with Gasteiger partial charge in [-0.1, -0.05) is 0 Å². The van der Waals surface area contributed by atoms with Gasteiger partial charge in [0.25, 0.3) is 0 Å². The summed E-state index contributed by atoms with van der Waals surface area (Å²) in [5.74, 6) is 0.511. The van der Waals surface area contributed by atoms with E-state index in [0.717, 1.165) is 25.0 Å². The average molecular weight is 218 g/mol. The number of rotatable bonds is 2. The standard InChI is InChI=1S/C12H14N2O2/c1-15-11-5-4-10(8-14-11)12-9(7-13)3-2-6-16-12/h4-5,8-9,12H,2-3,6H2,1H3. The summed E-state index contributed by atoms with van der Waals surface area (Å²) in [6.45, 7) is 0.717. The molecule has 84 valence electrons. The Hall–Kier alpha value is -1.60. The minimum atomic E-state index is -0.142. The Morgan fingerprint density at radius 3 is 3.06 bits per heavy atom. The van der Waals surface area contributed by atoms with E-state index in [1.54, 1.807) is 19.4 Å². The van der Waals surface area contributed by atoms with Crippen LogP contribution in [0.2, 0.25) is 0 Å². The predicted molar refractivity (Wildman–Crippen MR) is 57.8 cm³/mol. The van der Waals surface area contributed by atoms with Crippen molar-refractivity contribution in [2.45, 2.75) is 18.9 Å². The molecular formula is C12H14N2O2. The van der Waals surface area contributed by atoms with Crippen LogP contribution < -0.4 is 4.74 Å². The van der Waals surface area contributed by atoms with Gasteiger partial charge in [0.15, 0.2) is 0 Å². The monoisotopic (exact) mass is 218 g/mol. The Morgan fingerprint density at radius 2 is 2.44 bits per heavy atom. The lowest BCUT2D eigenvalue weighted by Gasteiger charge is -2.27. The van der Waals surface area contributed by atoms with E-state index < -0.39 is 0 Å². The van der Waals surface area contributed by atoms with E-state index in [-0.39, 0.29) is 12.0 Å². The molecule has 0 bridgehead atoms. The highest BCUT2D eigenvalue weighted by Crippen LogP contribution is 2.33. The van der Waals surface area contributed by atoms with Crippen LogP contribution in [-0.4, -0.2) is 18.7 Å². The van der Waals surface area contributed by atoms with Gasteiger partial charge >= 0.3 is 0 Å². The van der Waals surface area contributed by atoms with Gasteiger partial charge in [0.05, 0.1) is 25.2 Å². The normalized spacial score (nSPS) is 24.8. The molecule has 4 nitrogen and oxygen atoms in total. The molecule has 0 aliphatic carbocycles. The molecule has 2 heterocycles. The zero-order valence-corrected chi connectivity index (χ0v) is 9.22. The van der Waals surface area contributed by atoms with Gasteiger partial charge in [-0.05, 0) is 18.9 Å². The zero-order valence-electron chi connectivity index (χ0n) is 9.22. The molecule has 4 heteroatoms. The van der Waals surface area contributed by atoms with Gasteiger partial charge in [0, 0.05) is 24.4 Å². The Labute approximate surface area is 94.8 Å². The minimum Gasteiger partial charge on any atom is -0.481 e. The van der Waals surface area contributed by atoms with Crippen molar-refractivity contribution in [3.63, 3.8) is 0 Å². The van der Waals surface area contributed by atoms with Crippen LogP contribution >= 0.6 is 0 Å². The van der Waals surface area contributed by atoms with Crippen LogP contribution in [0.5, 0.6) is 5.88 Å². The molecule has 0 spiro atoms. The summed E-state index contributed by atoms with van der Waals surface area (Å²) < 4.78 is 10.6. The summed E-state index contributed by atoms with van der Waals surface area (Å²) in [6, 6.07) is 6.00. The van der Waals surface area contributed by atoms with Crippen molar-refractivity contribution in [2.75, 3.05) is 13.7 Å². The maximum Gasteiger partial charge on any atom is 0.212 e. The first-order chi connectivity index (χ1) is 7.85. The van der Waals surface area contributed by atoms with Crippen molar-refractivity contribution >= 4 is 0 Å². The second-order valence-electron chi connectivity index (χ2n) is 3.80. The van der Waals surface area contributed by atoms with Crippen molar-refractivity contribution in [1.82, 2.24) is 4.98 Å². The molecule has 1 aromatic heterocycles. The molecule has 2 unspecified atom stereocenters. The van der Waals surface area contributed by atoms with E-state index >= 15 is 0 Å². The topological polar surface area (TPSA) is 55.1 Å². The van der Waals surface area contributed by atoms with E-state index in [9.17, 15) is 0 Å². The van der Waals surface area contributed by atoms with Crippen molar-refractivity contribution in [2.24, 2.45) is 5.92 Å². The van der Waals surface area contributed by atoms with E-state index in [1.807, 2.05) is 6.07 Å². The number of methoxy groups -OCH3 is 1. The molecule has 2 rings (SSSR count). The third kappa shape index (κ3) is 2.15. The van der Waals surface area contributed by atoms with Gasteiger partial charge in [-0.15, -0.1) is 0 Å². The van der Waals surface area contributed by atoms with E-state index in [4.69, 9.17) is 14.7 Å². The van der Waals surface area contributed by atoms with Crippen molar-refractivity contribution < 1.29 is 9.47 Å². The summed E-state index contributed by atoms with van der Waals surface area (Å²) >= 11 is 0. The molecule has 0 amide bonds. The molecule has 1 fully saturated rings. The molecule has 0 radical (unpaired) electrons. The molecular weight excluding hydrogens is 204 g/mol. The van der Waals surface area contributed by atoms with Gasteiger partial charge in [-0.25, -0.2) is 4.98 Å². The largest absolute Gasteiger partial charge is 0.481 e. The average Bonchev–Trinajstić information content (AvgIpc) is 2.39. The zero-order chi connectivity index (χ0) is 11.4. The van der Waals surface area contributed by atoms with Crippen LogP contribution in [-0.2, 0) is 4.74 Å². The van der Waals surface area contributed by atoms with E-state index in [1.165, 1.54) is 0 Å². The number of aromatic nitrogens is 1. The molecule has 1 aliphatic rings. The summed E-state index contributed by atoms with van der Waals surface area (Å²) in [7, 11) is 1.58. The molecule has 0 aromatic carbocycles. The van der Waals surface area contributed by atoms with Crippen molar-refractivity contribution in [1.29, 1.82) is 5.26 Å². The van der Waals surface area contributed by atoms with Gasteiger partial charge in [0.1, 0.15) is 0 Å². The van der Waals surface area contributed by atoms with Gasteiger partial charge < -0.3 is 9.47 Å². The summed E-state index contributed by atoms with van der Waals surface area (Å²) in [5.41, 5.74) is 0.951. The quantitative estimate of drug-likeness (QED) is 0.762. The summed E-state index contributed by atoms with van der Waals surface area (Å²) in [4.78, 5) is 4.13. The Morgan fingerprint density at radius 1 is 1.56 bits per heavy atom. The van der Waals surface area contributed by atoms with Crippen molar-refractivity contribution in [3.05, 3.63) is 23.9 Å². The van der Waals surface area contributed by atoms with E-state index in [2.05, 4.69) is 11.1 Å². The lowest BCUT2D eigenvalue weighted by Crippen LogP contribution is -2.21. The van der Waals surface area contributed by atoms with Crippen LogP contribution in [0.4, 0.5) is 0 Å². The first kappa shape index (κ1) is 10.9. The molecule has 0 saturated carbocycles. The number of nitrogens with zero attached hydrogens (tertiary/aromatic N) is 2. The van der Waals surface area contributed by atoms with Crippen LogP contribution in [0.3, 0.4) is 0 Å². The molecule has 1 saturated heterocycles. The molecule has 2 atom stereocenters. The smallest absolute Gasteiger partial charge is 0.212 e. The number of hydrogen-bond donors (Lipinski definition) is 0. The Bertz CT molecular complexity index is 383. The molecule has 1 aliphatic heterocycles. The number of hydrogen-bond acceptors (Lipinski definition) is 4. The number of pyridine rings is 1. The predicted octanol–water partition coefficient (Wildman–Crippen LogP) is 2.08. The summed E-state index contributed by atoms with van der Waals surface area (Å²) in [5, 5.41) is 9.05. The molecule has 16 heavy (non-hydrogen) atoms. The SMILES string of the molecule is COc1ccc(C2OCCCC2C#N)cn1. The fourth-order valence-corrected chi connectivity index (χ4v) is 1.92. The fraction of sp³-hybridized carbons (Fsp3) is 0.500. The minimum absolute atomic E-state index is 0.0658. The van der Waals surface area contributed by atoms with E-state index in [0.29, 0.717) is 5.88 Å². The van der Waals surface area contributed by atoms with Gasteiger partial charge in [0.2, 0.25) is 5.88 Å². The van der Waals surface area contributed by atoms with Gasteiger partial charge in [-0.3, -0.25) is 0 Å². The lowest BCUT2D eigenvalue weighted by molar-refractivity contribution is -0.0104. The Kier molecular flexibility index (Phi) is 3.37. The van der Waals surface area contributed by atoms with Crippen molar-refractivity contribution in [3.8, 4) is 11.9 Å². The highest BCUT2D eigenvalue weighted by Gasteiger charge is 2.27. The highest BCUT2D eigenvalue weighted by atomic mass is 16.5. The van der Waals surface area contributed by atoms with Crippen LogP contribution in [0.1, 0.15) is 24.5 Å². The number of nitriles is 1. The van der Waals surface area contributed by atoms with Crippen LogP contribution in [0.25, 0.3) is 0 Å². The second-order valence-corrected chi connectivity index (χ2v) is 3.80. The lowest BCUT2D eigenvalue weighted by atomic mass is 9.91. The maximum absolute atomic E-state index is 9.05. The summed E-state index contributed by atoms with van der Waals surface area (Å²) in [6.07, 6.45) is 3.43. The maximum atomic E-state index is 9.05. The fourth-order valence-electron chi connectivity index (χ4n) is 1.92. The second kappa shape index (κ2) is 4.95. The molecule has 1 aromatic rings. The molecule has 0 N–H and O–H groups in total. The third-order valence-electron chi connectivity index (χ3n) is 2.79. The highest BCUT2D eigenvalue weighted by molar-refractivity contribution is 5.22. The van der Waals surface area contributed by atoms with Crippen LogP contribution in [0.15, 0.2) is 18.3 Å². The van der Waals surface area contributed by atoms with Crippen LogP contribution in [0, 0.1) is 17.2 Å².